The smallest absolute Gasteiger partial charge is 0.305 e. The average Bonchev–Trinajstić information content (AvgIpc) is 3.41. The monoisotopic (exact) mass is 1070 g/mol. The van der Waals surface area contributed by atoms with Crippen LogP contribution >= 0.6 is 0 Å². The van der Waals surface area contributed by atoms with Gasteiger partial charge in [-0.25, -0.2) is 0 Å². The van der Waals surface area contributed by atoms with E-state index in [-0.39, 0.29) is 23.7 Å². The van der Waals surface area contributed by atoms with E-state index in [1.54, 1.807) is 0 Å². The van der Waals surface area contributed by atoms with Gasteiger partial charge in [-0.05, 0) is 96.2 Å². The molecule has 0 spiro atoms. The molecule has 76 heavy (non-hydrogen) atoms. The number of ether oxygens (including phenoxy) is 1. The van der Waals surface area contributed by atoms with Crippen molar-refractivity contribution in [1.29, 1.82) is 0 Å². The second-order valence-electron chi connectivity index (χ2n) is 24.6. The number of nitrogens with zero attached hydrogens (tertiary/aromatic N) is 2. The van der Waals surface area contributed by atoms with E-state index >= 15 is 4.79 Å². The van der Waals surface area contributed by atoms with E-state index in [0.29, 0.717) is 38.5 Å². The van der Waals surface area contributed by atoms with E-state index in [9.17, 15) is 9.59 Å². The third kappa shape index (κ3) is 38.9. The highest BCUT2D eigenvalue weighted by atomic mass is 16.5. The molecule has 450 valence electrons. The first-order valence-corrected chi connectivity index (χ1v) is 34.8. The molecule has 0 aromatic rings. The summed E-state index contributed by atoms with van der Waals surface area (Å²) in [5.41, 5.74) is -0.736. The minimum atomic E-state index is -0.736. The van der Waals surface area contributed by atoms with Crippen molar-refractivity contribution in [3.05, 3.63) is 0 Å². The summed E-state index contributed by atoms with van der Waals surface area (Å²) in [5.74, 6) is 0.699. The Morgan fingerprint density at radius 3 is 1.14 bits per heavy atom. The summed E-state index contributed by atoms with van der Waals surface area (Å²) in [5, 5.41) is 3.34. The van der Waals surface area contributed by atoms with E-state index in [4.69, 9.17) is 4.74 Å². The molecule has 7 nitrogen and oxygen atoms in total. The fourth-order valence-electron chi connectivity index (χ4n) is 12.2. The first kappa shape index (κ1) is 72.4. The Balaban J connectivity index is 2.92. The number of nitrogens with one attached hydrogen (secondary N) is 1. The molecule has 0 aliphatic heterocycles. The number of carbonyl (C=O) groups is 3. The van der Waals surface area contributed by atoms with Crippen LogP contribution in [0.4, 0.5) is 0 Å². The molecular formula is C69H135N3O4. The Bertz CT molecular complexity index is 1240. The summed E-state index contributed by atoms with van der Waals surface area (Å²) >= 11 is 0. The lowest BCUT2D eigenvalue weighted by Crippen LogP contribution is -2.65. The van der Waals surface area contributed by atoms with Gasteiger partial charge in [0.1, 0.15) is 5.54 Å². The fraction of sp³-hybridized carbons (Fsp3) is 0.957. The second kappa shape index (κ2) is 54.0. The predicted molar refractivity (Wildman–Crippen MR) is 331 cm³/mol. The SMILES string of the molecule is CCCCCCCCCCCCCCC(CCCCCCCCCCCCCC)C(=O)N(CCCCCN(CC)CC)C1(C(=O)NCCCCC(=O)OCC(CCCCCCCC)CCCCCCCCCC)CCC1. The minimum absolute atomic E-state index is 0.00363. The molecule has 1 rings (SSSR count). The van der Waals surface area contributed by atoms with Gasteiger partial charge in [0.05, 0.1) is 6.61 Å². The van der Waals surface area contributed by atoms with E-state index in [1.165, 1.54) is 244 Å². The van der Waals surface area contributed by atoms with Gasteiger partial charge in [-0.2, -0.15) is 0 Å². The molecule has 1 aliphatic rings. The summed E-state index contributed by atoms with van der Waals surface area (Å²) in [6.07, 6.45) is 62.0. The van der Waals surface area contributed by atoms with E-state index < -0.39 is 5.54 Å². The summed E-state index contributed by atoms with van der Waals surface area (Å²) in [4.78, 5) is 47.5. The summed E-state index contributed by atoms with van der Waals surface area (Å²) in [7, 11) is 0. The number of rotatable bonds is 60. The van der Waals surface area contributed by atoms with Gasteiger partial charge in [0, 0.05) is 25.4 Å². The third-order valence-corrected chi connectivity index (χ3v) is 17.8. The highest BCUT2D eigenvalue weighted by Crippen LogP contribution is 2.40. The van der Waals surface area contributed by atoms with Crippen LogP contribution in [-0.4, -0.2) is 72.5 Å². The predicted octanol–water partition coefficient (Wildman–Crippen LogP) is 20.8. The molecule has 1 aliphatic carbocycles. The summed E-state index contributed by atoms with van der Waals surface area (Å²) < 4.78 is 5.97. The standard InChI is InChI=1S/C69H135N3O4/c1-7-13-17-21-25-28-30-32-34-37-41-46-55-65(56-47-42-38-35-33-31-29-26-22-18-14-8-2)67(74)72(62-51-43-50-61-71(11-5)12-6)69(58-52-59-69)68(75)70-60-49-48-57-66(73)76-63-64(53-44-39-24-20-16-10-4)54-45-40-36-27-23-19-15-9-3/h64-65H,7-63H2,1-6H3,(H,70,75). The van der Waals surface area contributed by atoms with Crippen molar-refractivity contribution in [2.75, 3.05) is 39.3 Å². The lowest BCUT2D eigenvalue weighted by Gasteiger charge is -2.50. The Kier molecular flexibility index (Phi) is 51.4. The van der Waals surface area contributed by atoms with Crippen molar-refractivity contribution < 1.29 is 19.1 Å². The topological polar surface area (TPSA) is 79.0 Å². The Morgan fingerprint density at radius 1 is 0.421 bits per heavy atom. The summed E-state index contributed by atoms with van der Waals surface area (Å²) in [6, 6.07) is 0. The minimum Gasteiger partial charge on any atom is -0.465 e. The molecule has 1 atom stereocenters. The molecule has 1 fully saturated rings. The number of amides is 2. The second-order valence-corrected chi connectivity index (χ2v) is 24.6. The van der Waals surface area contributed by atoms with Gasteiger partial charge in [-0.15, -0.1) is 0 Å². The quantitative estimate of drug-likeness (QED) is 0.0485. The molecule has 7 heteroatoms. The normalized spacial score (nSPS) is 13.6. The van der Waals surface area contributed by atoms with E-state index in [1.807, 2.05) is 0 Å². The molecule has 0 aromatic heterocycles. The van der Waals surface area contributed by atoms with Crippen molar-refractivity contribution in [3.8, 4) is 0 Å². The van der Waals surface area contributed by atoms with Crippen LogP contribution in [0, 0.1) is 11.8 Å². The molecule has 0 heterocycles. The lowest BCUT2D eigenvalue weighted by atomic mass is 9.73. The van der Waals surface area contributed by atoms with E-state index in [2.05, 4.69) is 56.7 Å². The lowest BCUT2D eigenvalue weighted by molar-refractivity contribution is -0.157. The van der Waals surface area contributed by atoms with Crippen molar-refractivity contribution in [3.63, 3.8) is 0 Å². The molecule has 0 bridgehead atoms. The van der Waals surface area contributed by atoms with E-state index in [0.717, 1.165) is 90.3 Å². The number of carbonyl (C=O) groups excluding carboxylic acids is 3. The zero-order chi connectivity index (χ0) is 55.3. The van der Waals surface area contributed by atoms with Gasteiger partial charge >= 0.3 is 5.97 Å². The van der Waals surface area contributed by atoms with Crippen molar-refractivity contribution in [2.24, 2.45) is 11.8 Å². The summed E-state index contributed by atoms with van der Waals surface area (Å²) in [6.45, 7) is 18.7. The first-order valence-electron chi connectivity index (χ1n) is 34.8. The van der Waals surface area contributed by atoms with Crippen molar-refractivity contribution >= 4 is 17.8 Å². The van der Waals surface area contributed by atoms with Gasteiger partial charge in [0.15, 0.2) is 0 Å². The molecule has 2 amide bonds. The molecule has 1 saturated carbocycles. The number of unbranched alkanes of at least 4 members (excludes halogenated alkanes) is 37. The maximum Gasteiger partial charge on any atom is 0.305 e. The van der Waals surface area contributed by atoms with Gasteiger partial charge in [0.25, 0.3) is 0 Å². The third-order valence-electron chi connectivity index (χ3n) is 17.8. The highest BCUT2D eigenvalue weighted by Gasteiger charge is 2.51. The zero-order valence-corrected chi connectivity index (χ0v) is 52.5. The molecule has 0 saturated heterocycles. The fourth-order valence-corrected chi connectivity index (χ4v) is 12.2. The Hall–Kier alpha value is -1.63. The van der Waals surface area contributed by atoms with Crippen LogP contribution in [0.25, 0.3) is 0 Å². The van der Waals surface area contributed by atoms with Crippen LogP contribution in [0.3, 0.4) is 0 Å². The molecule has 0 radical (unpaired) electrons. The highest BCUT2D eigenvalue weighted by molar-refractivity contribution is 5.93. The van der Waals surface area contributed by atoms with Crippen LogP contribution in [-0.2, 0) is 19.1 Å². The molecule has 1 unspecified atom stereocenters. The maximum atomic E-state index is 15.2. The number of esters is 1. The average molecular weight is 1070 g/mol. The molecule has 0 aromatic carbocycles. The van der Waals surface area contributed by atoms with Crippen LogP contribution in [0.15, 0.2) is 0 Å². The Labute approximate surface area is 475 Å². The van der Waals surface area contributed by atoms with Crippen LogP contribution in [0.2, 0.25) is 0 Å². The van der Waals surface area contributed by atoms with Crippen LogP contribution in [0.5, 0.6) is 0 Å². The van der Waals surface area contributed by atoms with Gasteiger partial charge in [-0.3, -0.25) is 14.4 Å². The Morgan fingerprint density at radius 2 is 0.776 bits per heavy atom. The molecular weight excluding hydrogens is 935 g/mol. The van der Waals surface area contributed by atoms with Crippen LogP contribution < -0.4 is 5.32 Å². The van der Waals surface area contributed by atoms with Crippen molar-refractivity contribution in [2.45, 2.75) is 375 Å². The van der Waals surface area contributed by atoms with Crippen LogP contribution in [0.1, 0.15) is 369 Å². The first-order chi connectivity index (χ1) is 37.3. The largest absolute Gasteiger partial charge is 0.465 e. The van der Waals surface area contributed by atoms with Gasteiger partial charge in [0.2, 0.25) is 11.8 Å². The number of hydrogen-bond acceptors (Lipinski definition) is 5. The molecule has 1 N–H and O–H groups in total. The number of hydrogen-bond donors (Lipinski definition) is 1. The zero-order valence-electron chi connectivity index (χ0n) is 52.5. The van der Waals surface area contributed by atoms with Gasteiger partial charge in [-0.1, -0.05) is 292 Å². The maximum absolute atomic E-state index is 15.2. The van der Waals surface area contributed by atoms with Gasteiger partial charge < -0.3 is 19.9 Å². The van der Waals surface area contributed by atoms with Crippen molar-refractivity contribution in [1.82, 2.24) is 15.1 Å².